The van der Waals surface area contributed by atoms with Crippen LogP contribution in [0.3, 0.4) is 0 Å². The Bertz CT molecular complexity index is 1160. The van der Waals surface area contributed by atoms with E-state index < -0.39 is 41.6 Å². The molecule has 1 aliphatic heterocycles. The molecule has 0 bridgehead atoms. The molecule has 0 saturated carbocycles. The summed E-state index contributed by atoms with van der Waals surface area (Å²) < 4.78 is 41.6. The van der Waals surface area contributed by atoms with Crippen LogP contribution in [0, 0.1) is 11.3 Å². The van der Waals surface area contributed by atoms with Gasteiger partial charge in [-0.1, -0.05) is 0 Å². The van der Waals surface area contributed by atoms with Gasteiger partial charge in [-0.05, 0) is 24.3 Å². The van der Waals surface area contributed by atoms with E-state index in [1.54, 1.807) is 17.8 Å². The Morgan fingerprint density at radius 2 is 1.82 bits per heavy atom. The molecule has 2 heterocycles. The highest BCUT2D eigenvalue weighted by Gasteiger charge is 2.36. The number of alkyl halides is 3. The summed E-state index contributed by atoms with van der Waals surface area (Å²) >= 11 is 1.60. The molecular formula is C21H18F3N5O4S. The topological polar surface area (TPSA) is 135 Å². The number of carbonyl (C=O) groups is 3. The summed E-state index contributed by atoms with van der Waals surface area (Å²) in [5.41, 5.74) is -1.95. The standard InChI is InChI=1S/C21H18F3N5O4S/c22-21(23,24)14-8-15(16(28-20(32)33)9-17(14)29-3-5-34-6-4-29)27-19(31)10-18(30)12-1-2-26-13(7-12)11-25/h1-2,7-9,28H,3-6,10H2,(H,27,31)(H,32,33). The number of ketones is 1. The zero-order valence-electron chi connectivity index (χ0n) is 17.5. The van der Waals surface area contributed by atoms with Crippen molar-refractivity contribution in [3.05, 3.63) is 47.3 Å². The number of aromatic nitrogens is 1. The van der Waals surface area contributed by atoms with Crippen molar-refractivity contribution < 1.29 is 32.7 Å². The molecule has 1 aliphatic rings. The maximum absolute atomic E-state index is 13.9. The van der Waals surface area contributed by atoms with Crippen molar-refractivity contribution in [1.29, 1.82) is 5.26 Å². The van der Waals surface area contributed by atoms with E-state index in [-0.39, 0.29) is 22.6 Å². The Labute approximate surface area is 196 Å². The molecule has 0 radical (unpaired) electrons. The number of rotatable bonds is 6. The average Bonchev–Trinajstić information content (AvgIpc) is 2.79. The summed E-state index contributed by atoms with van der Waals surface area (Å²) in [5.74, 6) is -0.420. The predicted molar refractivity (Wildman–Crippen MR) is 119 cm³/mol. The number of anilines is 3. The van der Waals surface area contributed by atoms with Crippen molar-refractivity contribution in [2.45, 2.75) is 12.6 Å². The third kappa shape index (κ3) is 6.16. The normalized spacial score (nSPS) is 13.6. The second kappa shape index (κ2) is 10.4. The van der Waals surface area contributed by atoms with E-state index in [0.29, 0.717) is 30.7 Å². The van der Waals surface area contributed by atoms with Crippen LogP contribution in [-0.2, 0) is 11.0 Å². The first-order valence-electron chi connectivity index (χ1n) is 9.85. The monoisotopic (exact) mass is 493 g/mol. The Balaban J connectivity index is 1.92. The van der Waals surface area contributed by atoms with Gasteiger partial charge in [-0.25, -0.2) is 9.78 Å². The number of nitrogens with one attached hydrogen (secondary N) is 2. The first-order chi connectivity index (χ1) is 16.1. The molecule has 3 N–H and O–H groups in total. The average molecular weight is 493 g/mol. The summed E-state index contributed by atoms with van der Waals surface area (Å²) in [6, 6.07) is 5.92. The number of halogens is 3. The highest BCUT2D eigenvalue weighted by Crippen LogP contribution is 2.42. The zero-order chi connectivity index (χ0) is 24.9. The molecule has 34 heavy (non-hydrogen) atoms. The molecule has 0 unspecified atom stereocenters. The van der Waals surface area contributed by atoms with E-state index in [2.05, 4.69) is 10.3 Å². The maximum atomic E-state index is 13.9. The van der Waals surface area contributed by atoms with Gasteiger partial charge < -0.3 is 15.3 Å². The number of nitriles is 1. The summed E-state index contributed by atoms with van der Waals surface area (Å²) in [5, 5.41) is 22.2. The number of carboxylic acid groups (broad SMARTS) is 1. The molecule has 0 atom stereocenters. The van der Waals surface area contributed by atoms with Crippen LogP contribution in [-0.4, -0.2) is 52.5 Å². The van der Waals surface area contributed by atoms with E-state index >= 15 is 0 Å². The smallest absolute Gasteiger partial charge is 0.418 e. The molecule has 178 valence electrons. The molecule has 3 rings (SSSR count). The quantitative estimate of drug-likeness (QED) is 0.408. The van der Waals surface area contributed by atoms with Gasteiger partial charge in [0.15, 0.2) is 5.78 Å². The number of thioether (sulfide) groups is 1. The number of carbonyl (C=O) groups excluding carboxylic acids is 2. The van der Waals surface area contributed by atoms with E-state index in [1.807, 2.05) is 5.32 Å². The predicted octanol–water partition coefficient (Wildman–Crippen LogP) is 3.83. The fourth-order valence-corrected chi connectivity index (χ4v) is 4.21. The van der Waals surface area contributed by atoms with Gasteiger partial charge in [0.2, 0.25) is 5.91 Å². The fourth-order valence-electron chi connectivity index (χ4n) is 3.31. The summed E-state index contributed by atoms with van der Waals surface area (Å²) in [7, 11) is 0. The molecule has 13 heteroatoms. The molecule has 2 amide bonds. The van der Waals surface area contributed by atoms with Crippen molar-refractivity contribution >= 4 is 46.6 Å². The van der Waals surface area contributed by atoms with Gasteiger partial charge >= 0.3 is 12.3 Å². The van der Waals surface area contributed by atoms with Crippen molar-refractivity contribution in [2.75, 3.05) is 40.1 Å². The number of hydrogen-bond donors (Lipinski definition) is 3. The van der Waals surface area contributed by atoms with Crippen LogP contribution in [0.25, 0.3) is 0 Å². The van der Waals surface area contributed by atoms with Crippen LogP contribution < -0.4 is 15.5 Å². The van der Waals surface area contributed by atoms with Crippen LogP contribution in [0.4, 0.5) is 35.0 Å². The van der Waals surface area contributed by atoms with Crippen LogP contribution in [0.5, 0.6) is 0 Å². The molecule has 2 aromatic rings. The number of benzene rings is 1. The Kier molecular flexibility index (Phi) is 7.62. The van der Waals surface area contributed by atoms with Gasteiger partial charge in [0, 0.05) is 36.4 Å². The lowest BCUT2D eigenvalue weighted by Gasteiger charge is -2.31. The van der Waals surface area contributed by atoms with Gasteiger partial charge in [0.05, 0.1) is 29.0 Å². The van der Waals surface area contributed by atoms with Gasteiger partial charge in [0.25, 0.3) is 0 Å². The highest BCUT2D eigenvalue weighted by molar-refractivity contribution is 7.99. The van der Waals surface area contributed by atoms with Gasteiger partial charge in [0.1, 0.15) is 11.8 Å². The zero-order valence-corrected chi connectivity index (χ0v) is 18.3. The number of hydrogen-bond acceptors (Lipinski definition) is 7. The van der Waals surface area contributed by atoms with Crippen LogP contribution >= 0.6 is 11.8 Å². The van der Waals surface area contributed by atoms with Crippen LogP contribution in [0.15, 0.2) is 30.5 Å². The summed E-state index contributed by atoms with van der Waals surface area (Å²) in [6.07, 6.45) is -5.84. The molecule has 1 saturated heterocycles. The number of Topliss-reactive ketones (excluding diaryl/α,β-unsaturated/α-hetero) is 1. The highest BCUT2D eigenvalue weighted by atomic mass is 32.2. The fraction of sp³-hybridized carbons (Fsp3) is 0.286. The summed E-state index contributed by atoms with van der Waals surface area (Å²) in [6.45, 7) is 0.689. The van der Waals surface area contributed by atoms with E-state index in [4.69, 9.17) is 10.4 Å². The lowest BCUT2D eigenvalue weighted by Crippen LogP contribution is -2.34. The number of nitrogens with zero attached hydrogens (tertiary/aromatic N) is 3. The minimum atomic E-state index is -4.78. The SMILES string of the molecule is N#Cc1cc(C(=O)CC(=O)Nc2cc(C(F)(F)F)c(N3CCSCC3)cc2NC(=O)O)ccn1. The van der Waals surface area contributed by atoms with Gasteiger partial charge in [-0.3, -0.25) is 14.9 Å². The second-order valence-electron chi connectivity index (χ2n) is 7.13. The lowest BCUT2D eigenvalue weighted by molar-refractivity contribution is -0.137. The molecule has 1 fully saturated rings. The third-order valence-electron chi connectivity index (χ3n) is 4.83. The van der Waals surface area contributed by atoms with Gasteiger partial charge in [-0.15, -0.1) is 0 Å². The van der Waals surface area contributed by atoms with Crippen molar-refractivity contribution in [3.8, 4) is 6.07 Å². The summed E-state index contributed by atoms with van der Waals surface area (Å²) in [4.78, 5) is 41.3. The minimum Gasteiger partial charge on any atom is -0.465 e. The third-order valence-corrected chi connectivity index (χ3v) is 5.77. The molecular weight excluding hydrogens is 475 g/mol. The van der Waals surface area contributed by atoms with E-state index in [9.17, 15) is 27.6 Å². The molecule has 1 aromatic heterocycles. The van der Waals surface area contributed by atoms with Gasteiger partial charge in [-0.2, -0.15) is 30.2 Å². The lowest BCUT2D eigenvalue weighted by atomic mass is 10.1. The van der Waals surface area contributed by atoms with E-state index in [1.165, 1.54) is 23.2 Å². The largest absolute Gasteiger partial charge is 0.465 e. The Morgan fingerprint density at radius 3 is 2.44 bits per heavy atom. The van der Waals surface area contributed by atoms with Crippen molar-refractivity contribution in [3.63, 3.8) is 0 Å². The van der Waals surface area contributed by atoms with Crippen LogP contribution in [0.1, 0.15) is 28.0 Å². The maximum Gasteiger partial charge on any atom is 0.418 e. The molecule has 0 aliphatic carbocycles. The van der Waals surface area contributed by atoms with Crippen molar-refractivity contribution in [1.82, 2.24) is 4.98 Å². The van der Waals surface area contributed by atoms with E-state index in [0.717, 1.165) is 6.07 Å². The number of amides is 2. The second-order valence-corrected chi connectivity index (χ2v) is 8.36. The number of pyridine rings is 1. The molecule has 1 aromatic carbocycles. The minimum absolute atomic E-state index is 0.0277. The molecule has 0 spiro atoms. The van der Waals surface area contributed by atoms with Crippen molar-refractivity contribution in [2.24, 2.45) is 0 Å². The first-order valence-corrected chi connectivity index (χ1v) is 11.0. The Hall–Kier alpha value is -3.79. The first kappa shape index (κ1) is 24.8. The molecule has 9 nitrogen and oxygen atoms in total. The Morgan fingerprint density at radius 1 is 1.15 bits per heavy atom. The van der Waals surface area contributed by atoms with Crippen LogP contribution in [0.2, 0.25) is 0 Å².